The third kappa shape index (κ3) is 8.17. The van der Waals surface area contributed by atoms with Gasteiger partial charge in [0.2, 0.25) is 0 Å². The number of hydrogen-bond acceptors (Lipinski definition) is 1. The SMILES string of the molecule is Cc1ccccc1.c1ccc(-c2ccc(N(c3cccc(-c4ccccc4)c3)c3ccc4cc(-n5c6ccccc6c6ccc7c(c8ccccc8n7-c7ccc(-c8ccccc8)cc7)c65)ccc4c3)cc2)cc1. The molecule has 0 fully saturated rings. The van der Waals surface area contributed by atoms with E-state index in [9.17, 15) is 0 Å². The maximum atomic E-state index is 2.49. The fourth-order valence-electron chi connectivity index (χ4n) is 10.9. The first kappa shape index (κ1) is 44.3. The minimum atomic E-state index is 1.10. The highest BCUT2D eigenvalue weighted by Gasteiger charge is 2.22. The average molecular weight is 946 g/mol. The first-order chi connectivity index (χ1) is 36.6. The molecule has 0 aliphatic rings. The summed E-state index contributed by atoms with van der Waals surface area (Å²) in [7, 11) is 0. The number of fused-ring (bicyclic) bond motifs is 8. The average Bonchev–Trinajstić information content (AvgIpc) is 3.99. The van der Waals surface area contributed by atoms with Crippen molar-refractivity contribution >= 4 is 71.4 Å². The largest absolute Gasteiger partial charge is 0.310 e. The molecule has 0 unspecified atom stereocenters. The summed E-state index contributed by atoms with van der Waals surface area (Å²) in [5.74, 6) is 0. The van der Waals surface area contributed by atoms with Crippen LogP contribution in [0.3, 0.4) is 0 Å². The van der Waals surface area contributed by atoms with Gasteiger partial charge in [0.15, 0.2) is 0 Å². The smallest absolute Gasteiger partial charge is 0.0641 e. The van der Waals surface area contributed by atoms with Crippen LogP contribution in [0, 0.1) is 6.92 Å². The number of hydrogen-bond donors (Lipinski definition) is 0. The van der Waals surface area contributed by atoms with Crippen molar-refractivity contribution in [2.45, 2.75) is 6.92 Å². The fraction of sp³-hybridized carbons (Fsp3) is 0.0141. The molecule has 0 atom stereocenters. The Hall–Kier alpha value is -9.70. The number of para-hydroxylation sites is 2. The van der Waals surface area contributed by atoms with Crippen molar-refractivity contribution in [1.82, 2.24) is 9.13 Å². The maximum Gasteiger partial charge on any atom is 0.0641 e. The zero-order chi connectivity index (χ0) is 49.4. The summed E-state index contributed by atoms with van der Waals surface area (Å²) >= 11 is 0. The molecule has 0 saturated heterocycles. The van der Waals surface area contributed by atoms with Gasteiger partial charge >= 0.3 is 0 Å². The van der Waals surface area contributed by atoms with Gasteiger partial charge in [-0.3, -0.25) is 0 Å². The molecule has 3 heteroatoms. The maximum absolute atomic E-state index is 2.49. The number of rotatable bonds is 8. The van der Waals surface area contributed by atoms with Crippen LogP contribution in [-0.4, -0.2) is 9.13 Å². The van der Waals surface area contributed by atoms with E-state index in [-0.39, 0.29) is 0 Å². The van der Waals surface area contributed by atoms with E-state index in [1.807, 2.05) is 18.2 Å². The molecule has 0 spiro atoms. The predicted octanol–water partition coefficient (Wildman–Crippen LogP) is 19.5. The summed E-state index contributed by atoms with van der Waals surface area (Å²) < 4.78 is 4.92. The van der Waals surface area contributed by atoms with Gasteiger partial charge in [0.25, 0.3) is 0 Å². The highest BCUT2D eigenvalue weighted by molar-refractivity contribution is 6.26. The van der Waals surface area contributed by atoms with Crippen LogP contribution < -0.4 is 4.90 Å². The van der Waals surface area contributed by atoms with Gasteiger partial charge in [-0.15, -0.1) is 0 Å². The number of nitrogens with zero attached hydrogens (tertiary/aromatic N) is 3. The minimum absolute atomic E-state index is 1.10. The highest BCUT2D eigenvalue weighted by Crippen LogP contribution is 2.44. The number of benzene rings is 12. The first-order valence-electron chi connectivity index (χ1n) is 25.4. The van der Waals surface area contributed by atoms with E-state index < -0.39 is 0 Å². The van der Waals surface area contributed by atoms with Gasteiger partial charge in [-0.2, -0.15) is 0 Å². The summed E-state index contributed by atoms with van der Waals surface area (Å²) in [5.41, 5.74) is 18.9. The van der Waals surface area contributed by atoms with Crippen LogP contribution >= 0.6 is 0 Å². The Kier molecular flexibility index (Phi) is 11.4. The monoisotopic (exact) mass is 945 g/mol. The topological polar surface area (TPSA) is 13.1 Å². The van der Waals surface area contributed by atoms with Crippen molar-refractivity contribution in [3.05, 3.63) is 297 Å². The lowest BCUT2D eigenvalue weighted by molar-refractivity contribution is 1.18. The molecule has 0 aliphatic heterocycles. The van der Waals surface area contributed by atoms with Gasteiger partial charge in [0, 0.05) is 50.0 Å². The van der Waals surface area contributed by atoms with Gasteiger partial charge in [-0.05, 0) is 130 Å². The van der Waals surface area contributed by atoms with Gasteiger partial charge in [-0.25, -0.2) is 0 Å². The lowest BCUT2D eigenvalue weighted by Crippen LogP contribution is -2.10. The van der Waals surface area contributed by atoms with Crippen molar-refractivity contribution in [1.29, 1.82) is 0 Å². The van der Waals surface area contributed by atoms with E-state index in [0.29, 0.717) is 0 Å². The van der Waals surface area contributed by atoms with Gasteiger partial charge < -0.3 is 14.0 Å². The molecule has 0 N–H and O–H groups in total. The molecule has 0 aliphatic carbocycles. The number of aromatic nitrogens is 2. The molecular formula is C71H51N3. The second-order valence-corrected chi connectivity index (χ2v) is 19.0. The van der Waals surface area contributed by atoms with Gasteiger partial charge in [-0.1, -0.05) is 218 Å². The van der Waals surface area contributed by atoms with Gasteiger partial charge in [0.1, 0.15) is 0 Å². The van der Waals surface area contributed by atoms with Crippen molar-refractivity contribution in [2.75, 3.05) is 4.90 Å². The quantitative estimate of drug-likeness (QED) is 0.148. The van der Waals surface area contributed by atoms with Crippen LogP contribution in [0.5, 0.6) is 0 Å². The molecular weight excluding hydrogens is 895 g/mol. The molecule has 74 heavy (non-hydrogen) atoms. The second-order valence-electron chi connectivity index (χ2n) is 19.0. The molecule has 2 aromatic heterocycles. The Balaban J connectivity index is 0.000000700. The van der Waals surface area contributed by atoms with Crippen LogP contribution in [0.1, 0.15) is 5.56 Å². The third-order valence-electron chi connectivity index (χ3n) is 14.4. The summed E-state index contributed by atoms with van der Waals surface area (Å²) in [5, 5.41) is 7.32. The Bertz CT molecular complexity index is 4270. The first-order valence-corrected chi connectivity index (χ1v) is 25.4. The van der Waals surface area contributed by atoms with Crippen molar-refractivity contribution in [3.8, 4) is 44.8 Å². The van der Waals surface area contributed by atoms with E-state index in [2.05, 4.69) is 294 Å². The van der Waals surface area contributed by atoms with Crippen LogP contribution in [0.2, 0.25) is 0 Å². The molecule has 0 saturated carbocycles. The zero-order valence-electron chi connectivity index (χ0n) is 41.1. The summed E-state index contributed by atoms with van der Waals surface area (Å²) in [4.78, 5) is 2.38. The Labute approximate surface area is 431 Å². The summed E-state index contributed by atoms with van der Waals surface area (Å²) in [6.07, 6.45) is 0. The third-order valence-corrected chi connectivity index (χ3v) is 14.4. The van der Waals surface area contributed by atoms with Crippen molar-refractivity contribution in [3.63, 3.8) is 0 Å². The lowest BCUT2D eigenvalue weighted by atomic mass is 10.0. The van der Waals surface area contributed by atoms with E-state index in [1.165, 1.54) is 93.3 Å². The van der Waals surface area contributed by atoms with E-state index >= 15 is 0 Å². The van der Waals surface area contributed by atoms with E-state index in [1.54, 1.807) is 0 Å². The normalized spacial score (nSPS) is 11.3. The van der Waals surface area contributed by atoms with E-state index in [4.69, 9.17) is 0 Å². The van der Waals surface area contributed by atoms with Gasteiger partial charge in [0.05, 0.1) is 22.1 Å². The van der Waals surface area contributed by atoms with Crippen LogP contribution in [0.25, 0.3) is 99.1 Å². The number of aryl methyl sites for hydroxylation is 1. The van der Waals surface area contributed by atoms with Crippen LogP contribution in [0.15, 0.2) is 291 Å². The predicted molar refractivity (Wildman–Crippen MR) is 315 cm³/mol. The van der Waals surface area contributed by atoms with Crippen molar-refractivity contribution < 1.29 is 0 Å². The molecule has 350 valence electrons. The molecule has 14 rings (SSSR count). The van der Waals surface area contributed by atoms with E-state index in [0.717, 1.165) is 28.4 Å². The Morgan fingerprint density at radius 2 is 0.743 bits per heavy atom. The Morgan fingerprint density at radius 3 is 1.38 bits per heavy atom. The Morgan fingerprint density at radius 1 is 0.270 bits per heavy atom. The molecule has 14 aromatic rings. The molecule has 12 aromatic carbocycles. The highest BCUT2D eigenvalue weighted by atomic mass is 15.1. The lowest BCUT2D eigenvalue weighted by Gasteiger charge is -2.26. The molecule has 2 heterocycles. The van der Waals surface area contributed by atoms with Crippen molar-refractivity contribution in [2.24, 2.45) is 0 Å². The minimum Gasteiger partial charge on any atom is -0.310 e. The second kappa shape index (κ2) is 19.1. The van der Waals surface area contributed by atoms with Crippen LogP contribution in [0.4, 0.5) is 17.1 Å². The standard InChI is InChI=1S/C64H43N3.C7H8/c1-4-15-44(16-5-1)47-27-33-52(34-28-47)65(54-22-14-21-49(41-54)46-19-8-3-9-20-46)55-37-31-51-43-56(38-32-50(51)42-55)67-60-25-12-10-23-57(60)58-39-40-62-63(64(58)67)59-24-11-13-26-61(59)66(62)53-35-29-48(30-36-53)45-17-6-2-7-18-45;1-7-5-3-2-4-6-7/h1-43H;2-6H,1H3. The molecule has 3 nitrogen and oxygen atoms in total. The summed E-state index contributed by atoms with van der Waals surface area (Å²) in [6, 6.07) is 105. The van der Waals surface area contributed by atoms with Crippen LogP contribution in [-0.2, 0) is 0 Å². The molecule has 0 bridgehead atoms. The number of anilines is 3. The fourth-order valence-corrected chi connectivity index (χ4v) is 10.9. The summed E-state index contributed by atoms with van der Waals surface area (Å²) in [6.45, 7) is 2.08. The molecule has 0 radical (unpaired) electrons. The molecule has 0 amide bonds. The zero-order valence-corrected chi connectivity index (χ0v) is 41.1.